The van der Waals surface area contributed by atoms with Crippen LogP contribution >= 0.6 is 0 Å². The number of hydrogen-bond donors (Lipinski definition) is 2. The largest absolute Gasteiger partial charge is 0.480 e. The number of rotatable bonds is 6. The van der Waals surface area contributed by atoms with Crippen molar-refractivity contribution in [3.8, 4) is 6.07 Å². The second-order valence-corrected chi connectivity index (χ2v) is 6.60. The fourth-order valence-corrected chi connectivity index (χ4v) is 3.42. The van der Waals surface area contributed by atoms with E-state index in [-0.39, 0.29) is 10.8 Å². The number of hydrogen-bond acceptors (Lipinski definition) is 4. The first-order valence-corrected chi connectivity index (χ1v) is 7.97. The van der Waals surface area contributed by atoms with E-state index >= 15 is 0 Å². The normalized spacial score (nSPS) is 14.2. The first-order valence-electron chi connectivity index (χ1n) is 6.48. The van der Waals surface area contributed by atoms with Crippen LogP contribution in [0.3, 0.4) is 0 Å². The number of aliphatic carboxylic acids is 1. The van der Waals surface area contributed by atoms with Crippen molar-refractivity contribution < 1.29 is 18.3 Å². The highest BCUT2D eigenvalue weighted by Crippen LogP contribution is 2.18. The zero-order chi connectivity index (χ0) is 16.2. The Labute approximate surface area is 124 Å². The lowest BCUT2D eigenvalue weighted by molar-refractivity contribution is -0.140. The molecular formula is C14H18N2O4S. The van der Waals surface area contributed by atoms with Crippen LogP contribution in [0.15, 0.2) is 23.1 Å². The highest BCUT2D eigenvalue weighted by atomic mass is 32.2. The van der Waals surface area contributed by atoms with Crippen molar-refractivity contribution in [2.24, 2.45) is 5.92 Å². The summed E-state index contributed by atoms with van der Waals surface area (Å²) in [6, 6.07) is 4.89. The van der Waals surface area contributed by atoms with Gasteiger partial charge in [0.05, 0.1) is 16.5 Å². The molecule has 0 aliphatic carbocycles. The molecule has 21 heavy (non-hydrogen) atoms. The van der Waals surface area contributed by atoms with Gasteiger partial charge in [0.25, 0.3) is 0 Å². The van der Waals surface area contributed by atoms with Gasteiger partial charge in [-0.3, -0.25) is 4.79 Å². The summed E-state index contributed by atoms with van der Waals surface area (Å²) in [4.78, 5) is 11.2. The van der Waals surface area contributed by atoms with E-state index < -0.39 is 22.0 Å². The van der Waals surface area contributed by atoms with Gasteiger partial charge in [0.2, 0.25) is 10.0 Å². The number of carbonyl (C=O) groups is 1. The molecule has 0 fully saturated rings. The molecule has 1 aromatic carbocycles. The summed E-state index contributed by atoms with van der Waals surface area (Å²) in [6.07, 6.45) is 0.534. The number of aryl methyl sites for hydroxylation is 1. The summed E-state index contributed by atoms with van der Waals surface area (Å²) in [7, 11) is -3.96. The molecule has 114 valence electrons. The topological polar surface area (TPSA) is 107 Å². The van der Waals surface area contributed by atoms with Crippen LogP contribution in [0, 0.1) is 24.2 Å². The van der Waals surface area contributed by atoms with E-state index in [1.807, 2.05) is 6.07 Å². The quantitative estimate of drug-likeness (QED) is 0.830. The molecule has 1 rings (SSSR count). The third-order valence-corrected chi connectivity index (χ3v) is 4.96. The highest BCUT2D eigenvalue weighted by molar-refractivity contribution is 7.89. The number of sulfonamides is 1. The van der Waals surface area contributed by atoms with Gasteiger partial charge in [0.1, 0.15) is 6.04 Å². The maximum Gasteiger partial charge on any atom is 0.322 e. The molecule has 0 saturated heterocycles. The Balaban J connectivity index is 3.17. The summed E-state index contributed by atoms with van der Waals surface area (Å²) in [5.41, 5.74) is 0.748. The first-order chi connectivity index (χ1) is 9.72. The zero-order valence-electron chi connectivity index (χ0n) is 12.1. The molecule has 7 heteroatoms. The number of benzene rings is 1. The predicted octanol–water partition coefficient (Wildman–Crippen LogP) is 1.64. The van der Waals surface area contributed by atoms with E-state index in [4.69, 9.17) is 10.4 Å². The van der Waals surface area contributed by atoms with Crippen LogP contribution in [0.1, 0.15) is 31.4 Å². The van der Waals surface area contributed by atoms with E-state index in [9.17, 15) is 13.2 Å². The molecule has 0 aromatic heterocycles. The van der Waals surface area contributed by atoms with Crippen LogP contribution in [-0.2, 0) is 14.8 Å². The number of carboxylic acid groups (broad SMARTS) is 1. The van der Waals surface area contributed by atoms with E-state index in [1.165, 1.54) is 18.2 Å². The average Bonchev–Trinajstić information content (AvgIpc) is 2.43. The lowest BCUT2D eigenvalue weighted by atomic mass is 10.0. The predicted molar refractivity (Wildman–Crippen MR) is 77.1 cm³/mol. The van der Waals surface area contributed by atoms with Crippen LogP contribution in [0.4, 0.5) is 0 Å². The summed E-state index contributed by atoms with van der Waals surface area (Å²) in [5.74, 6) is -1.55. The van der Waals surface area contributed by atoms with Crippen molar-refractivity contribution in [2.45, 2.75) is 38.1 Å². The molecule has 0 aliphatic heterocycles. The minimum Gasteiger partial charge on any atom is -0.480 e. The van der Waals surface area contributed by atoms with Gasteiger partial charge in [0.15, 0.2) is 0 Å². The van der Waals surface area contributed by atoms with E-state index in [0.29, 0.717) is 17.5 Å². The van der Waals surface area contributed by atoms with Crippen molar-refractivity contribution in [1.82, 2.24) is 4.72 Å². The summed E-state index contributed by atoms with van der Waals surface area (Å²) < 4.78 is 26.9. The Morgan fingerprint density at radius 1 is 1.48 bits per heavy atom. The van der Waals surface area contributed by atoms with Crippen LogP contribution in [0.2, 0.25) is 0 Å². The molecule has 0 bridgehead atoms. The van der Waals surface area contributed by atoms with Gasteiger partial charge < -0.3 is 5.11 Å². The van der Waals surface area contributed by atoms with Crippen LogP contribution in [0.25, 0.3) is 0 Å². The van der Waals surface area contributed by atoms with Crippen LogP contribution in [-0.4, -0.2) is 25.5 Å². The second-order valence-electron chi connectivity index (χ2n) is 4.91. The Morgan fingerprint density at radius 3 is 2.52 bits per heavy atom. The number of nitrogens with one attached hydrogen (secondary N) is 1. The third kappa shape index (κ3) is 4.03. The molecule has 0 saturated carbocycles. The maximum absolute atomic E-state index is 12.3. The zero-order valence-corrected chi connectivity index (χ0v) is 12.9. The second kappa shape index (κ2) is 6.70. The molecule has 2 atom stereocenters. The molecule has 0 heterocycles. The van der Waals surface area contributed by atoms with Crippen molar-refractivity contribution in [1.29, 1.82) is 5.26 Å². The minimum atomic E-state index is -3.96. The van der Waals surface area contributed by atoms with Crippen molar-refractivity contribution in [2.75, 3.05) is 0 Å². The molecule has 0 spiro atoms. The van der Waals surface area contributed by atoms with Crippen LogP contribution < -0.4 is 4.72 Å². The van der Waals surface area contributed by atoms with E-state index in [2.05, 4.69) is 4.72 Å². The number of nitrogens with zero attached hydrogens (tertiary/aromatic N) is 1. The molecule has 0 radical (unpaired) electrons. The van der Waals surface area contributed by atoms with Gasteiger partial charge in [-0.1, -0.05) is 20.3 Å². The fourth-order valence-electron chi connectivity index (χ4n) is 1.90. The Kier molecular flexibility index (Phi) is 5.47. The van der Waals surface area contributed by atoms with Gasteiger partial charge in [-0.15, -0.1) is 0 Å². The summed E-state index contributed by atoms with van der Waals surface area (Å²) >= 11 is 0. The average molecular weight is 310 g/mol. The number of carboxylic acids is 1. The first kappa shape index (κ1) is 17.1. The molecule has 6 nitrogen and oxygen atoms in total. The van der Waals surface area contributed by atoms with Crippen molar-refractivity contribution >= 4 is 16.0 Å². The fraction of sp³-hybridized carbons (Fsp3) is 0.429. The highest BCUT2D eigenvalue weighted by Gasteiger charge is 2.30. The van der Waals surface area contributed by atoms with Crippen molar-refractivity contribution in [3.63, 3.8) is 0 Å². The summed E-state index contributed by atoms with van der Waals surface area (Å²) in [6.45, 7) is 5.03. The van der Waals surface area contributed by atoms with E-state index in [0.717, 1.165) is 0 Å². The monoisotopic (exact) mass is 310 g/mol. The molecule has 1 aromatic rings. The van der Waals surface area contributed by atoms with Gasteiger partial charge >= 0.3 is 5.97 Å². The summed E-state index contributed by atoms with van der Waals surface area (Å²) in [5, 5.41) is 18.0. The van der Waals surface area contributed by atoms with Crippen molar-refractivity contribution in [3.05, 3.63) is 29.3 Å². The Morgan fingerprint density at radius 2 is 2.10 bits per heavy atom. The smallest absolute Gasteiger partial charge is 0.322 e. The Hall–Kier alpha value is -1.91. The lowest BCUT2D eigenvalue weighted by Gasteiger charge is -2.20. The van der Waals surface area contributed by atoms with Crippen LogP contribution in [0.5, 0.6) is 0 Å². The van der Waals surface area contributed by atoms with Gasteiger partial charge in [-0.2, -0.15) is 9.98 Å². The third-order valence-electron chi connectivity index (χ3n) is 3.35. The van der Waals surface area contributed by atoms with Gasteiger partial charge in [0, 0.05) is 0 Å². The van der Waals surface area contributed by atoms with Gasteiger partial charge in [-0.05, 0) is 36.6 Å². The molecular weight excluding hydrogens is 292 g/mol. The molecule has 1 unspecified atom stereocenters. The lowest BCUT2D eigenvalue weighted by Crippen LogP contribution is -2.45. The Bertz CT molecular complexity index is 677. The molecule has 0 amide bonds. The number of nitriles is 1. The molecule has 0 aliphatic rings. The standard InChI is InChI=1S/C14H18N2O4S/c1-4-9(2)13(14(17)18)16-21(19,20)12-6-5-11(8-15)7-10(12)3/h5-7,9,13,16H,4H2,1-3H3,(H,17,18)/t9?,13-/m0/s1. The minimum absolute atomic E-state index is 0.0175. The SMILES string of the molecule is CCC(C)[C@H](NS(=O)(=O)c1ccc(C#N)cc1C)C(=O)O. The van der Waals surface area contributed by atoms with Gasteiger partial charge in [-0.25, -0.2) is 8.42 Å². The molecule has 2 N–H and O–H groups in total. The maximum atomic E-state index is 12.3. The van der Waals surface area contributed by atoms with E-state index in [1.54, 1.807) is 20.8 Å².